The topological polar surface area (TPSA) is 70.2 Å². The Bertz CT molecular complexity index is 386. The second-order valence-corrected chi connectivity index (χ2v) is 4.84. The molecule has 2 rings (SSSR count). The van der Waals surface area contributed by atoms with Crippen LogP contribution in [0.5, 0.6) is 0 Å². The first-order chi connectivity index (χ1) is 8.19. The van der Waals surface area contributed by atoms with E-state index in [-0.39, 0.29) is 12.1 Å². The summed E-state index contributed by atoms with van der Waals surface area (Å²) in [4.78, 5) is 17.8. The molecule has 0 aliphatic carbocycles. The molecule has 1 aromatic rings. The SMILES string of the molecule is CNC(=O)NC1CCN(c2nc(C)ns2)CC1. The van der Waals surface area contributed by atoms with E-state index in [2.05, 4.69) is 24.9 Å². The van der Waals surface area contributed by atoms with Crippen molar-refractivity contribution in [2.24, 2.45) is 0 Å². The predicted molar refractivity (Wildman–Crippen MR) is 67.5 cm³/mol. The first kappa shape index (κ1) is 12.1. The number of nitrogens with one attached hydrogen (secondary N) is 2. The van der Waals surface area contributed by atoms with Crippen LogP contribution in [-0.4, -0.2) is 41.6 Å². The third-order valence-corrected chi connectivity index (χ3v) is 3.71. The predicted octanol–water partition coefficient (Wildman–Crippen LogP) is 0.744. The molecule has 0 aromatic carbocycles. The molecular weight excluding hydrogens is 238 g/mol. The van der Waals surface area contributed by atoms with E-state index < -0.39 is 0 Å². The highest BCUT2D eigenvalue weighted by molar-refractivity contribution is 7.09. The van der Waals surface area contributed by atoms with Gasteiger partial charge in [0.25, 0.3) is 0 Å². The zero-order chi connectivity index (χ0) is 12.3. The third-order valence-electron chi connectivity index (χ3n) is 2.84. The highest BCUT2D eigenvalue weighted by Gasteiger charge is 2.22. The Balaban J connectivity index is 1.84. The molecule has 0 atom stereocenters. The van der Waals surface area contributed by atoms with Crippen molar-refractivity contribution in [2.75, 3.05) is 25.0 Å². The van der Waals surface area contributed by atoms with Gasteiger partial charge in [0.15, 0.2) is 0 Å². The van der Waals surface area contributed by atoms with E-state index in [9.17, 15) is 4.79 Å². The van der Waals surface area contributed by atoms with E-state index in [4.69, 9.17) is 0 Å². The molecule has 17 heavy (non-hydrogen) atoms. The Labute approximate surface area is 105 Å². The van der Waals surface area contributed by atoms with Crippen LogP contribution in [0.15, 0.2) is 0 Å². The lowest BCUT2D eigenvalue weighted by atomic mass is 10.1. The van der Waals surface area contributed by atoms with Gasteiger partial charge in [0.2, 0.25) is 5.13 Å². The van der Waals surface area contributed by atoms with Gasteiger partial charge in [-0.25, -0.2) is 9.78 Å². The van der Waals surface area contributed by atoms with Crippen LogP contribution < -0.4 is 15.5 Å². The number of piperidine rings is 1. The minimum absolute atomic E-state index is 0.102. The molecular formula is C10H17N5OS. The molecule has 1 aromatic heterocycles. The summed E-state index contributed by atoms with van der Waals surface area (Å²) in [5, 5.41) is 6.50. The highest BCUT2D eigenvalue weighted by Crippen LogP contribution is 2.21. The fourth-order valence-electron chi connectivity index (χ4n) is 1.89. The van der Waals surface area contributed by atoms with E-state index in [1.165, 1.54) is 11.5 Å². The molecule has 1 aliphatic rings. The molecule has 1 aliphatic heterocycles. The Morgan fingerprint density at radius 2 is 2.18 bits per heavy atom. The third kappa shape index (κ3) is 3.06. The van der Waals surface area contributed by atoms with E-state index in [0.29, 0.717) is 0 Å². The quantitative estimate of drug-likeness (QED) is 0.818. The maximum atomic E-state index is 11.2. The van der Waals surface area contributed by atoms with Crippen molar-refractivity contribution in [2.45, 2.75) is 25.8 Å². The lowest BCUT2D eigenvalue weighted by Gasteiger charge is -2.31. The van der Waals surface area contributed by atoms with Crippen molar-refractivity contribution in [1.29, 1.82) is 0 Å². The lowest BCUT2D eigenvalue weighted by Crippen LogP contribution is -2.47. The van der Waals surface area contributed by atoms with Crippen LogP contribution in [0.1, 0.15) is 18.7 Å². The molecule has 2 amide bonds. The summed E-state index contributed by atoms with van der Waals surface area (Å²) < 4.78 is 4.18. The van der Waals surface area contributed by atoms with Crippen molar-refractivity contribution < 1.29 is 4.79 Å². The van der Waals surface area contributed by atoms with Gasteiger partial charge < -0.3 is 15.5 Å². The Morgan fingerprint density at radius 3 is 2.71 bits per heavy atom. The zero-order valence-electron chi connectivity index (χ0n) is 10.1. The Morgan fingerprint density at radius 1 is 1.47 bits per heavy atom. The molecule has 0 spiro atoms. The van der Waals surface area contributed by atoms with Gasteiger partial charge in [-0.2, -0.15) is 4.37 Å². The van der Waals surface area contributed by atoms with Crippen LogP contribution in [0.4, 0.5) is 9.93 Å². The smallest absolute Gasteiger partial charge is 0.314 e. The van der Waals surface area contributed by atoms with Crippen LogP contribution >= 0.6 is 11.5 Å². The number of anilines is 1. The minimum atomic E-state index is -0.102. The average Bonchev–Trinajstić information content (AvgIpc) is 2.77. The number of aromatic nitrogens is 2. The molecule has 2 heterocycles. The van der Waals surface area contributed by atoms with Crippen molar-refractivity contribution in [3.05, 3.63) is 5.82 Å². The molecule has 94 valence electrons. The van der Waals surface area contributed by atoms with Crippen LogP contribution in [-0.2, 0) is 0 Å². The molecule has 0 bridgehead atoms. The number of nitrogens with zero attached hydrogens (tertiary/aromatic N) is 3. The van der Waals surface area contributed by atoms with Gasteiger partial charge in [0.1, 0.15) is 5.82 Å². The number of urea groups is 1. The van der Waals surface area contributed by atoms with Crippen molar-refractivity contribution in [3.8, 4) is 0 Å². The minimum Gasteiger partial charge on any atom is -0.347 e. The van der Waals surface area contributed by atoms with E-state index in [0.717, 1.165) is 36.9 Å². The van der Waals surface area contributed by atoms with Crippen LogP contribution in [0.2, 0.25) is 0 Å². The number of amides is 2. The molecule has 2 N–H and O–H groups in total. The molecule has 1 saturated heterocycles. The summed E-state index contributed by atoms with van der Waals surface area (Å²) in [7, 11) is 1.63. The molecule has 6 nitrogen and oxygen atoms in total. The van der Waals surface area contributed by atoms with Crippen LogP contribution in [0.3, 0.4) is 0 Å². The summed E-state index contributed by atoms with van der Waals surface area (Å²) in [5.41, 5.74) is 0. The first-order valence-corrected chi connectivity index (χ1v) is 6.50. The summed E-state index contributed by atoms with van der Waals surface area (Å²) in [6.45, 7) is 3.74. The normalized spacial score (nSPS) is 16.9. The van der Waals surface area contributed by atoms with Crippen LogP contribution in [0, 0.1) is 6.92 Å². The largest absolute Gasteiger partial charge is 0.347 e. The maximum Gasteiger partial charge on any atom is 0.314 e. The second kappa shape index (κ2) is 5.31. The van der Waals surface area contributed by atoms with Gasteiger partial charge in [0, 0.05) is 37.7 Å². The number of hydrogen-bond acceptors (Lipinski definition) is 5. The number of carbonyl (C=O) groups is 1. The van der Waals surface area contributed by atoms with E-state index >= 15 is 0 Å². The fraction of sp³-hybridized carbons (Fsp3) is 0.700. The van der Waals surface area contributed by atoms with Gasteiger partial charge in [0.05, 0.1) is 0 Å². The molecule has 7 heteroatoms. The number of carbonyl (C=O) groups excluding carboxylic acids is 1. The van der Waals surface area contributed by atoms with Gasteiger partial charge in [-0.1, -0.05) is 0 Å². The lowest BCUT2D eigenvalue weighted by molar-refractivity contribution is 0.236. The zero-order valence-corrected chi connectivity index (χ0v) is 10.9. The summed E-state index contributed by atoms with van der Waals surface area (Å²) in [6.07, 6.45) is 1.90. The highest BCUT2D eigenvalue weighted by atomic mass is 32.1. The number of hydrogen-bond donors (Lipinski definition) is 2. The van der Waals surface area contributed by atoms with Gasteiger partial charge in [-0.3, -0.25) is 0 Å². The van der Waals surface area contributed by atoms with Crippen molar-refractivity contribution >= 4 is 22.7 Å². The Hall–Kier alpha value is -1.37. The molecule has 1 fully saturated rings. The summed E-state index contributed by atoms with van der Waals surface area (Å²) in [6, 6.07) is 0.162. The average molecular weight is 255 g/mol. The fourth-order valence-corrected chi connectivity index (χ4v) is 2.61. The van der Waals surface area contributed by atoms with E-state index in [1.54, 1.807) is 7.05 Å². The monoisotopic (exact) mass is 255 g/mol. The Kier molecular flexibility index (Phi) is 3.78. The molecule has 0 unspecified atom stereocenters. The van der Waals surface area contributed by atoms with Gasteiger partial charge >= 0.3 is 6.03 Å². The standard InChI is InChI=1S/C10H17N5OS/c1-7-12-10(17-14-7)15-5-3-8(4-6-15)13-9(16)11-2/h8H,3-6H2,1-2H3,(H2,11,13,16). The van der Waals surface area contributed by atoms with E-state index in [1.807, 2.05) is 6.92 Å². The first-order valence-electron chi connectivity index (χ1n) is 5.72. The second-order valence-electron chi connectivity index (χ2n) is 4.11. The van der Waals surface area contributed by atoms with Crippen molar-refractivity contribution in [1.82, 2.24) is 20.0 Å². The number of rotatable bonds is 2. The van der Waals surface area contributed by atoms with Gasteiger partial charge in [-0.15, -0.1) is 0 Å². The molecule has 0 saturated carbocycles. The summed E-state index contributed by atoms with van der Waals surface area (Å²) >= 11 is 1.44. The maximum absolute atomic E-state index is 11.2. The molecule has 0 radical (unpaired) electrons. The van der Waals surface area contributed by atoms with Crippen LogP contribution in [0.25, 0.3) is 0 Å². The summed E-state index contributed by atoms with van der Waals surface area (Å²) in [5.74, 6) is 0.829. The van der Waals surface area contributed by atoms with Crippen molar-refractivity contribution in [3.63, 3.8) is 0 Å². The number of aryl methyl sites for hydroxylation is 1. The van der Waals surface area contributed by atoms with Gasteiger partial charge in [-0.05, 0) is 19.8 Å².